The fraction of sp³-hybridized carbons (Fsp3) is 0.500. The Morgan fingerprint density at radius 3 is 2.75 bits per heavy atom. The van der Waals surface area contributed by atoms with E-state index in [1.165, 1.54) is 5.56 Å². The predicted molar refractivity (Wildman–Crippen MR) is 64.1 cm³/mol. The van der Waals surface area contributed by atoms with Crippen LogP contribution in [0, 0.1) is 0 Å². The molecule has 0 aliphatic rings. The van der Waals surface area contributed by atoms with Crippen LogP contribution in [-0.4, -0.2) is 30.5 Å². The average molecular weight is 221 g/mol. The van der Waals surface area contributed by atoms with Gasteiger partial charge in [-0.3, -0.25) is 9.78 Å². The van der Waals surface area contributed by atoms with Crippen LogP contribution in [0.15, 0.2) is 24.5 Å². The summed E-state index contributed by atoms with van der Waals surface area (Å²) in [7, 11) is 1.84. The lowest BCUT2D eigenvalue weighted by molar-refractivity contribution is -0.121. The van der Waals surface area contributed by atoms with E-state index in [-0.39, 0.29) is 11.9 Å². The van der Waals surface area contributed by atoms with Crippen LogP contribution in [0.4, 0.5) is 0 Å². The van der Waals surface area contributed by atoms with Gasteiger partial charge in [-0.1, -0.05) is 0 Å². The van der Waals surface area contributed by atoms with Crippen molar-refractivity contribution in [1.82, 2.24) is 15.6 Å². The van der Waals surface area contributed by atoms with E-state index in [1.807, 2.05) is 26.1 Å². The van der Waals surface area contributed by atoms with E-state index in [0.29, 0.717) is 13.0 Å². The Bertz CT molecular complexity index is 313. The van der Waals surface area contributed by atoms with Crippen molar-refractivity contribution >= 4 is 5.91 Å². The first-order valence-corrected chi connectivity index (χ1v) is 5.55. The fourth-order valence-corrected chi connectivity index (χ4v) is 1.51. The van der Waals surface area contributed by atoms with Crippen molar-refractivity contribution in [3.05, 3.63) is 30.1 Å². The SMILES string of the molecule is CNCCC(=O)NC(C)Cc1ccncc1. The predicted octanol–water partition coefficient (Wildman–Crippen LogP) is 0.738. The summed E-state index contributed by atoms with van der Waals surface area (Å²) < 4.78 is 0. The number of amides is 1. The van der Waals surface area contributed by atoms with E-state index in [4.69, 9.17) is 0 Å². The Morgan fingerprint density at radius 2 is 2.12 bits per heavy atom. The first-order chi connectivity index (χ1) is 7.72. The summed E-state index contributed by atoms with van der Waals surface area (Å²) in [5.74, 6) is 0.0934. The van der Waals surface area contributed by atoms with Gasteiger partial charge in [-0.25, -0.2) is 0 Å². The van der Waals surface area contributed by atoms with E-state index >= 15 is 0 Å². The summed E-state index contributed by atoms with van der Waals surface area (Å²) in [6.07, 6.45) is 4.90. The molecular weight excluding hydrogens is 202 g/mol. The van der Waals surface area contributed by atoms with E-state index in [2.05, 4.69) is 15.6 Å². The Kier molecular flexibility index (Phi) is 5.50. The molecule has 2 N–H and O–H groups in total. The Morgan fingerprint density at radius 1 is 1.44 bits per heavy atom. The summed E-state index contributed by atoms with van der Waals surface area (Å²) in [6, 6.07) is 4.10. The molecule has 0 bridgehead atoms. The normalized spacial score (nSPS) is 12.1. The van der Waals surface area contributed by atoms with Crippen LogP contribution >= 0.6 is 0 Å². The maximum absolute atomic E-state index is 11.4. The van der Waals surface area contributed by atoms with Crippen LogP contribution in [0.2, 0.25) is 0 Å². The average Bonchev–Trinajstić information content (AvgIpc) is 2.27. The molecule has 0 aliphatic heterocycles. The van der Waals surface area contributed by atoms with Gasteiger partial charge in [0.15, 0.2) is 0 Å². The highest BCUT2D eigenvalue weighted by molar-refractivity contribution is 5.76. The monoisotopic (exact) mass is 221 g/mol. The molecular formula is C12H19N3O. The zero-order valence-corrected chi connectivity index (χ0v) is 9.86. The number of hydrogen-bond donors (Lipinski definition) is 2. The molecule has 0 radical (unpaired) electrons. The number of nitrogens with zero attached hydrogens (tertiary/aromatic N) is 1. The van der Waals surface area contributed by atoms with Crippen LogP contribution in [-0.2, 0) is 11.2 Å². The Hall–Kier alpha value is -1.42. The zero-order chi connectivity index (χ0) is 11.8. The van der Waals surface area contributed by atoms with E-state index in [1.54, 1.807) is 12.4 Å². The maximum atomic E-state index is 11.4. The van der Waals surface area contributed by atoms with E-state index < -0.39 is 0 Å². The second-order valence-electron chi connectivity index (χ2n) is 3.88. The molecule has 0 spiro atoms. The van der Waals surface area contributed by atoms with Gasteiger partial charge < -0.3 is 10.6 Å². The third-order valence-electron chi connectivity index (χ3n) is 2.30. The molecule has 0 saturated heterocycles. The minimum Gasteiger partial charge on any atom is -0.353 e. The number of hydrogen-bond acceptors (Lipinski definition) is 3. The molecule has 0 aliphatic carbocycles. The molecule has 1 rings (SSSR count). The molecule has 0 saturated carbocycles. The Balaban J connectivity index is 2.30. The van der Waals surface area contributed by atoms with Gasteiger partial charge >= 0.3 is 0 Å². The zero-order valence-electron chi connectivity index (χ0n) is 9.86. The van der Waals surface area contributed by atoms with Crippen LogP contribution in [0.5, 0.6) is 0 Å². The van der Waals surface area contributed by atoms with E-state index in [0.717, 1.165) is 6.42 Å². The number of aromatic nitrogens is 1. The van der Waals surface area contributed by atoms with Gasteiger partial charge in [-0.15, -0.1) is 0 Å². The molecule has 0 fully saturated rings. The standard InChI is InChI=1S/C12H19N3O/c1-10(15-12(16)5-6-13-2)9-11-3-7-14-8-4-11/h3-4,7-8,10,13H,5-6,9H2,1-2H3,(H,15,16). The maximum Gasteiger partial charge on any atom is 0.221 e. The molecule has 16 heavy (non-hydrogen) atoms. The number of pyridine rings is 1. The van der Waals surface area contributed by atoms with Crippen LogP contribution in [0.25, 0.3) is 0 Å². The minimum absolute atomic E-state index is 0.0934. The molecule has 4 nitrogen and oxygen atoms in total. The van der Waals surface area contributed by atoms with Gasteiger partial charge in [0.2, 0.25) is 5.91 Å². The van der Waals surface area contributed by atoms with Gasteiger partial charge in [0, 0.05) is 31.4 Å². The van der Waals surface area contributed by atoms with Crippen molar-refractivity contribution in [3.63, 3.8) is 0 Å². The first kappa shape index (κ1) is 12.6. The van der Waals surface area contributed by atoms with Crippen LogP contribution < -0.4 is 10.6 Å². The molecule has 0 aromatic carbocycles. The number of rotatable bonds is 6. The summed E-state index contributed by atoms with van der Waals surface area (Å²) in [6.45, 7) is 2.73. The second-order valence-corrected chi connectivity index (χ2v) is 3.88. The molecule has 1 heterocycles. The fourth-order valence-electron chi connectivity index (χ4n) is 1.51. The van der Waals surface area contributed by atoms with Crippen LogP contribution in [0.1, 0.15) is 18.9 Å². The lowest BCUT2D eigenvalue weighted by Crippen LogP contribution is -2.35. The highest BCUT2D eigenvalue weighted by Crippen LogP contribution is 2.01. The topological polar surface area (TPSA) is 54.0 Å². The largest absolute Gasteiger partial charge is 0.353 e. The molecule has 1 amide bonds. The lowest BCUT2D eigenvalue weighted by atomic mass is 10.1. The van der Waals surface area contributed by atoms with Gasteiger partial charge in [0.05, 0.1) is 0 Å². The van der Waals surface area contributed by atoms with Gasteiger partial charge in [0.1, 0.15) is 0 Å². The number of carbonyl (C=O) groups is 1. The molecule has 88 valence electrons. The van der Waals surface area contributed by atoms with Crippen molar-refractivity contribution in [1.29, 1.82) is 0 Å². The highest BCUT2D eigenvalue weighted by atomic mass is 16.1. The Labute approximate surface area is 96.5 Å². The number of nitrogens with one attached hydrogen (secondary N) is 2. The summed E-state index contributed by atoms with van der Waals surface area (Å²) in [4.78, 5) is 15.4. The third kappa shape index (κ3) is 4.89. The van der Waals surface area contributed by atoms with E-state index in [9.17, 15) is 4.79 Å². The first-order valence-electron chi connectivity index (χ1n) is 5.55. The lowest BCUT2D eigenvalue weighted by Gasteiger charge is -2.13. The smallest absolute Gasteiger partial charge is 0.221 e. The van der Waals surface area contributed by atoms with Crippen molar-refractivity contribution in [2.75, 3.05) is 13.6 Å². The van der Waals surface area contributed by atoms with Crippen molar-refractivity contribution in [2.24, 2.45) is 0 Å². The van der Waals surface area contributed by atoms with Crippen molar-refractivity contribution in [3.8, 4) is 0 Å². The highest BCUT2D eigenvalue weighted by Gasteiger charge is 2.07. The van der Waals surface area contributed by atoms with Gasteiger partial charge in [-0.05, 0) is 38.1 Å². The second kappa shape index (κ2) is 6.95. The van der Waals surface area contributed by atoms with Gasteiger partial charge in [0.25, 0.3) is 0 Å². The molecule has 1 unspecified atom stereocenters. The van der Waals surface area contributed by atoms with Crippen molar-refractivity contribution < 1.29 is 4.79 Å². The molecule has 1 aromatic heterocycles. The molecule has 1 aromatic rings. The minimum atomic E-state index is 0.0934. The third-order valence-corrected chi connectivity index (χ3v) is 2.30. The summed E-state index contributed by atoms with van der Waals surface area (Å²) in [5.41, 5.74) is 1.19. The van der Waals surface area contributed by atoms with Gasteiger partial charge in [-0.2, -0.15) is 0 Å². The summed E-state index contributed by atoms with van der Waals surface area (Å²) in [5, 5.41) is 5.92. The quantitative estimate of drug-likeness (QED) is 0.745. The van der Waals surface area contributed by atoms with Crippen molar-refractivity contribution in [2.45, 2.75) is 25.8 Å². The molecule has 4 heteroatoms. The molecule has 1 atom stereocenters. The number of carbonyl (C=O) groups excluding carboxylic acids is 1. The van der Waals surface area contributed by atoms with Crippen LogP contribution in [0.3, 0.4) is 0 Å². The summed E-state index contributed by atoms with van der Waals surface area (Å²) >= 11 is 0.